The molecular formula is C12H12ClN3O. The maximum atomic E-state index is 11.7. The molecule has 1 amide bonds. The van der Waals surface area contributed by atoms with Gasteiger partial charge in [0.2, 0.25) is 5.91 Å². The van der Waals surface area contributed by atoms with Crippen LogP contribution in [0.5, 0.6) is 0 Å². The van der Waals surface area contributed by atoms with E-state index in [1.807, 2.05) is 12.1 Å². The van der Waals surface area contributed by atoms with Crippen molar-refractivity contribution in [3.05, 3.63) is 47.1 Å². The second-order valence-corrected chi connectivity index (χ2v) is 4.13. The molecule has 0 fully saturated rings. The number of aryl methyl sites for hydroxylation is 1. The first-order valence-corrected chi connectivity index (χ1v) is 5.55. The predicted octanol–water partition coefficient (Wildman–Crippen LogP) is 2.25. The van der Waals surface area contributed by atoms with Gasteiger partial charge in [-0.25, -0.2) is 0 Å². The molecule has 0 saturated heterocycles. The molecule has 1 N–H and O–H groups in total. The third-order valence-corrected chi connectivity index (χ3v) is 2.62. The maximum absolute atomic E-state index is 11.7. The minimum Gasteiger partial charge on any atom is -0.311 e. The van der Waals surface area contributed by atoms with Gasteiger partial charge in [0, 0.05) is 18.1 Å². The van der Waals surface area contributed by atoms with E-state index >= 15 is 0 Å². The van der Waals surface area contributed by atoms with Gasteiger partial charge in [0.15, 0.2) is 0 Å². The van der Waals surface area contributed by atoms with Crippen LogP contribution in [-0.4, -0.2) is 15.7 Å². The van der Waals surface area contributed by atoms with Crippen LogP contribution >= 0.6 is 11.6 Å². The predicted molar refractivity (Wildman–Crippen MR) is 67.0 cm³/mol. The fraction of sp³-hybridized carbons (Fsp3) is 0.167. The molecule has 0 bridgehead atoms. The molecule has 0 aliphatic heterocycles. The lowest BCUT2D eigenvalue weighted by Crippen LogP contribution is -2.16. The van der Waals surface area contributed by atoms with E-state index in [9.17, 15) is 4.79 Å². The van der Waals surface area contributed by atoms with Crippen molar-refractivity contribution in [3.8, 4) is 0 Å². The lowest BCUT2D eigenvalue weighted by Gasteiger charge is -2.05. The van der Waals surface area contributed by atoms with Gasteiger partial charge in [0.25, 0.3) is 0 Å². The topological polar surface area (TPSA) is 46.9 Å². The number of carbonyl (C=O) groups excluding carboxylic acids is 1. The van der Waals surface area contributed by atoms with Crippen molar-refractivity contribution >= 4 is 23.3 Å². The highest BCUT2D eigenvalue weighted by atomic mass is 35.5. The molecular weight excluding hydrogens is 238 g/mol. The Hall–Kier alpha value is -1.81. The highest BCUT2D eigenvalue weighted by molar-refractivity contribution is 6.30. The van der Waals surface area contributed by atoms with Crippen LogP contribution in [0.25, 0.3) is 0 Å². The number of nitrogens with one attached hydrogen (secondary N) is 1. The van der Waals surface area contributed by atoms with Crippen LogP contribution in [0.1, 0.15) is 5.56 Å². The minimum atomic E-state index is -0.0732. The van der Waals surface area contributed by atoms with E-state index < -0.39 is 0 Å². The fourth-order valence-electron chi connectivity index (χ4n) is 1.47. The van der Waals surface area contributed by atoms with Crippen LogP contribution in [0.2, 0.25) is 5.02 Å². The number of carbonyl (C=O) groups is 1. The Morgan fingerprint density at radius 2 is 2.06 bits per heavy atom. The Bertz CT molecular complexity index is 519. The molecule has 0 radical (unpaired) electrons. The molecule has 0 aliphatic rings. The molecule has 1 heterocycles. The summed E-state index contributed by atoms with van der Waals surface area (Å²) >= 11 is 5.77. The molecule has 0 spiro atoms. The van der Waals surface area contributed by atoms with Crippen molar-refractivity contribution in [3.63, 3.8) is 0 Å². The lowest BCUT2D eigenvalue weighted by atomic mass is 10.1. The van der Waals surface area contributed by atoms with Crippen LogP contribution in [0.3, 0.4) is 0 Å². The zero-order valence-electron chi connectivity index (χ0n) is 9.35. The van der Waals surface area contributed by atoms with Gasteiger partial charge in [0.05, 0.1) is 12.6 Å². The largest absolute Gasteiger partial charge is 0.311 e. The Balaban J connectivity index is 1.98. The van der Waals surface area contributed by atoms with E-state index in [4.69, 9.17) is 11.6 Å². The van der Waals surface area contributed by atoms with Crippen LogP contribution in [0, 0.1) is 0 Å². The van der Waals surface area contributed by atoms with Gasteiger partial charge in [-0.2, -0.15) is 5.10 Å². The Morgan fingerprint density at radius 3 is 2.65 bits per heavy atom. The van der Waals surface area contributed by atoms with E-state index in [1.165, 1.54) is 0 Å². The molecule has 0 atom stereocenters. The molecule has 0 aliphatic carbocycles. The SMILES string of the molecule is Cn1nccc1NC(=O)Cc1ccc(Cl)cc1. The van der Waals surface area contributed by atoms with Crippen molar-refractivity contribution in [1.82, 2.24) is 9.78 Å². The molecule has 0 saturated carbocycles. The number of anilines is 1. The third-order valence-electron chi connectivity index (χ3n) is 2.37. The number of halogens is 1. The van der Waals surface area contributed by atoms with Crippen LogP contribution in [0.4, 0.5) is 5.82 Å². The Labute approximate surface area is 104 Å². The minimum absolute atomic E-state index is 0.0732. The summed E-state index contributed by atoms with van der Waals surface area (Å²) < 4.78 is 1.61. The second kappa shape index (κ2) is 5.01. The van der Waals surface area contributed by atoms with E-state index in [0.29, 0.717) is 17.3 Å². The van der Waals surface area contributed by atoms with E-state index in [1.54, 1.807) is 36.1 Å². The Morgan fingerprint density at radius 1 is 1.35 bits per heavy atom. The zero-order chi connectivity index (χ0) is 12.3. The van der Waals surface area contributed by atoms with Crippen molar-refractivity contribution < 1.29 is 4.79 Å². The molecule has 4 nitrogen and oxygen atoms in total. The van der Waals surface area contributed by atoms with Gasteiger partial charge in [-0.3, -0.25) is 9.48 Å². The molecule has 88 valence electrons. The van der Waals surface area contributed by atoms with Crippen molar-refractivity contribution in [1.29, 1.82) is 0 Å². The first kappa shape index (κ1) is 11.7. The zero-order valence-corrected chi connectivity index (χ0v) is 10.1. The number of nitrogens with zero attached hydrogens (tertiary/aromatic N) is 2. The van der Waals surface area contributed by atoms with E-state index in [2.05, 4.69) is 10.4 Å². The number of aromatic nitrogens is 2. The van der Waals surface area contributed by atoms with Gasteiger partial charge < -0.3 is 5.32 Å². The Kier molecular flexibility index (Phi) is 3.44. The molecule has 1 aromatic carbocycles. The smallest absolute Gasteiger partial charge is 0.229 e. The quantitative estimate of drug-likeness (QED) is 0.907. The van der Waals surface area contributed by atoms with Crippen molar-refractivity contribution in [2.75, 3.05) is 5.32 Å². The highest BCUT2D eigenvalue weighted by Crippen LogP contribution is 2.11. The second-order valence-electron chi connectivity index (χ2n) is 3.69. The number of benzene rings is 1. The number of rotatable bonds is 3. The summed E-state index contributed by atoms with van der Waals surface area (Å²) in [5, 5.41) is 7.42. The average Bonchev–Trinajstić information content (AvgIpc) is 2.68. The van der Waals surface area contributed by atoms with Gasteiger partial charge in [0.1, 0.15) is 5.82 Å². The number of hydrogen-bond donors (Lipinski definition) is 1. The number of amides is 1. The van der Waals surface area contributed by atoms with Gasteiger partial charge in [-0.1, -0.05) is 23.7 Å². The lowest BCUT2D eigenvalue weighted by molar-refractivity contribution is -0.115. The summed E-state index contributed by atoms with van der Waals surface area (Å²) in [4.78, 5) is 11.7. The van der Waals surface area contributed by atoms with Crippen LogP contribution in [0.15, 0.2) is 36.5 Å². The summed E-state index contributed by atoms with van der Waals surface area (Å²) in [5.41, 5.74) is 0.925. The van der Waals surface area contributed by atoms with Crippen LogP contribution < -0.4 is 5.32 Å². The van der Waals surface area contributed by atoms with Gasteiger partial charge in [-0.15, -0.1) is 0 Å². The van der Waals surface area contributed by atoms with E-state index in [-0.39, 0.29) is 5.91 Å². The monoisotopic (exact) mass is 249 g/mol. The maximum Gasteiger partial charge on any atom is 0.229 e. The van der Waals surface area contributed by atoms with Crippen molar-refractivity contribution in [2.45, 2.75) is 6.42 Å². The first-order valence-electron chi connectivity index (χ1n) is 5.17. The summed E-state index contributed by atoms with van der Waals surface area (Å²) in [6.45, 7) is 0. The van der Waals surface area contributed by atoms with Crippen molar-refractivity contribution in [2.24, 2.45) is 7.05 Å². The highest BCUT2D eigenvalue weighted by Gasteiger charge is 2.06. The molecule has 0 unspecified atom stereocenters. The first-order chi connectivity index (χ1) is 8.15. The summed E-state index contributed by atoms with van der Waals surface area (Å²) in [7, 11) is 1.78. The molecule has 2 aromatic rings. The normalized spacial score (nSPS) is 10.2. The summed E-state index contributed by atoms with van der Waals surface area (Å²) in [5.74, 6) is 0.611. The fourth-order valence-corrected chi connectivity index (χ4v) is 1.60. The molecule has 2 rings (SSSR count). The average molecular weight is 250 g/mol. The standard InChI is InChI=1S/C12H12ClN3O/c1-16-11(6-7-14-16)15-12(17)8-9-2-4-10(13)5-3-9/h2-7H,8H2,1H3,(H,15,17). The van der Waals surface area contributed by atoms with E-state index in [0.717, 1.165) is 5.56 Å². The third kappa shape index (κ3) is 3.07. The summed E-state index contributed by atoms with van der Waals surface area (Å²) in [6.07, 6.45) is 1.96. The van der Waals surface area contributed by atoms with Gasteiger partial charge >= 0.3 is 0 Å². The molecule has 5 heteroatoms. The van der Waals surface area contributed by atoms with Gasteiger partial charge in [-0.05, 0) is 17.7 Å². The van der Waals surface area contributed by atoms with Crippen LogP contribution in [-0.2, 0) is 18.3 Å². The molecule has 1 aromatic heterocycles. The molecule has 17 heavy (non-hydrogen) atoms. The number of hydrogen-bond acceptors (Lipinski definition) is 2. The summed E-state index contributed by atoms with van der Waals surface area (Å²) in [6, 6.07) is 8.97.